The third-order valence-corrected chi connectivity index (χ3v) is 4.09. The summed E-state index contributed by atoms with van der Waals surface area (Å²) >= 11 is 9.36. The van der Waals surface area contributed by atoms with Crippen LogP contribution in [0.2, 0.25) is 5.02 Å². The Labute approximate surface area is 148 Å². The van der Waals surface area contributed by atoms with E-state index >= 15 is 0 Å². The second kappa shape index (κ2) is 7.62. The van der Waals surface area contributed by atoms with Crippen molar-refractivity contribution < 1.29 is 9.59 Å². The van der Waals surface area contributed by atoms with Crippen molar-refractivity contribution in [3.8, 4) is 0 Å². The Balaban J connectivity index is 2.14. The minimum atomic E-state index is -0.287. The minimum absolute atomic E-state index is 0.0873. The zero-order chi connectivity index (χ0) is 17.0. The summed E-state index contributed by atoms with van der Waals surface area (Å²) in [5.74, 6) is -0.518. The topological polar surface area (TPSA) is 49.4 Å². The van der Waals surface area contributed by atoms with Gasteiger partial charge in [0.2, 0.25) is 11.8 Å². The number of hydrogen-bond donors (Lipinski definition) is 1. The number of nitrogens with zero attached hydrogens (tertiary/aromatic N) is 1. The van der Waals surface area contributed by atoms with E-state index in [-0.39, 0.29) is 18.4 Å². The van der Waals surface area contributed by atoms with E-state index in [0.717, 1.165) is 10.0 Å². The van der Waals surface area contributed by atoms with Gasteiger partial charge in [-0.05, 0) is 58.7 Å². The maximum absolute atomic E-state index is 12.3. The van der Waals surface area contributed by atoms with Crippen LogP contribution >= 0.6 is 27.5 Å². The largest absolute Gasteiger partial charge is 0.324 e. The highest BCUT2D eigenvalue weighted by Gasteiger charge is 2.16. The maximum Gasteiger partial charge on any atom is 0.244 e. The fraction of sp³-hybridized carbons (Fsp3) is 0.176. The number of rotatable bonds is 4. The summed E-state index contributed by atoms with van der Waals surface area (Å²) in [6, 6.07) is 12.5. The average Bonchev–Trinajstić information content (AvgIpc) is 2.47. The van der Waals surface area contributed by atoms with Gasteiger partial charge < -0.3 is 10.2 Å². The van der Waals surface area contributed by atoms with Crippen LogP contribution in [0.1, 0.15) is 12.5 Å². The molecule has 0 atom stereocenters. The smallest absolute Gasteiger partial charge is 0.244 e. The normalized spacial score (nSPS) is 10.3. The molecule has 2 rings (SSSR count). The van der Waals surface area contributed by atoms with Crippen molar-refractivity contribution in [1.29, 1.82) is 0 Å². The zero-order valence-corrected chi connectivity index (χ0v) is 15.1. The molecule has 0 aliphatic rings. The summed E-state index contributed by atoms with van der Waals surface area (Å²) in [7, 11) is 0. The number of halogens is 2. The second-order valence-corrected chi connectivity index (χ2v) is 6.41. The van der Waals surface area contributed by atoms with Crippen LogP contribution in [0.3, 0.4) is 0 Å². The predicted molar refractivity (Wildman–Crippen MR) is 97.0 cm³/mol. The first-order valence-electron chi connectivity index (χ1n) is 6.96. The van der Waals surface area contributed by atoms with E-state index in [9.17, 15) is 9.59 Å². The van der Waals surface area contributed by atoms with Crippen molar-refractivity contribution in [2.45, 2.75) is 13.8 Å². The molecule has 0 spiro atoms. The van der Waals surface area contributed by atoms with Crippen LogP contribution in [0.4, 0.5) is 11.4 Å². The molecule has 0 saturated carbocycles. The number of nitrogens with one attached hydrogen (secondary N) is 1. The Morgan fingerprint density at radius 2 is 1.96 bits per heavy atom. The van der Waals surface area contributed by atoms with Crippen LogP contribution in [-0.4, -0.2) is 18.4 Å². The number of aryl methyl sites for hydroxylation is 1. The first kappa shape index (κ1) is 17.5. The van der Waals surface area contributed by atoms with Gasteiger partial charge in [0.25, 0.3) is 0 Å². The van der Waals surface area contributed by atoms with Gasteiger partial charge in [-0.15, -0.1) is 0 Å². The highest BCUT2D eigenvalue weighted by Crippen LogP contribution is 2.24. The summed E-state index contributed by atoms with van der Waals surface area (Å²) in [4.78, 5) is 25.5. The van der Waals surface area contributed by atoms with Crippen molar-refractivity contribution in [3.05, 3.63) is 57.5 Å². The summed E-state index contributed by atoms with van der Waals surface area (Å²) in [6.45, 7) is 3.29. The Morgan fingerprint density at radius 1 is 1.22 bits per heavy atom. The van der Waals surface area contributed by atoms with Crippen molar-refractivity contribution in [2.24, 2.45) is 0 Å². The predicted octanol–water partition coefficient (Wildman–Crippen LogP) is 4.40. The molecule has 2 aromatic rings. The van der Waals surface area contributed by atoms with Crippen LogP contribution in [0.5, 0.6) is 0 Å². The lowest BCUT2D eigenvalue weighted by Gasteiger charge is -2.21. The SMILES string of the molecule is CC(=O)N(CC(=O)Nc1ccc(C)cc1Br)c1cccc(Cl)c1. The highest BCUT2D eigenvalue weighted by atomic mass is 79.9. The van der Waals surface area contributed by atoms with Gasteiger partial charge in [0.15, 0.2) is 0 Å². The van der Waals surface area contributed by atoms with E-state index in [4.69, 9.17) is 11.6 Å². The Bertz CT molecular complexity index is 749. The van der Waals surface area contributed by atoms with Crippen LogP contribution in [-0.2, 0) is 9.59 Å². The van der Waals surface area contributed by atoms with Crippen LogP contribution in [0, 0.1) is 6.92 Å². The van der Waals surface area contributed by atoms with E-state index in [1.54, 1.807) is 24.3 Å². The Hall–Kier alpha value is -1.85. The molecule has 0 aliphatic heterocycles. The third-order valence-electron chi connectivity index (χ3n) is 3.20. The first-order chi connectivity index (χ1) is 10.9. The minimum Gasteiger partial charge on any atom is -0.324 e. The molecule has 0 unspecified atom stereocenters. The lowest BCUT2D eigenvalue weighted by atomic mass is 10.2. The Kier molecular flexibility index (Phi) is 5.80. The molecule has 0 radical (unpaired) electrons. The maximum atomic E-state index is 12.3. The quantitative estimate of drug-likeness (QED) is 0.834. The van der Waals surface area contributed by atoms with Gasteiger partial charge in [0.1, 0.15) is 6.54 Å². The molecule has 120 valence electrons. The highest BCUT2D eigenvalue weighted by molar-refractivity contribution is 9.10. The molecule has 2 aromatic carbocycles. The van der Waals surface area contributed by atoms with E-state index in [1.807, 2.05) is 25.1 Å². The fourth-order valence-corrected chi connectivity index (χ4v) is 2.86. The summed E-state index contributed by atoms with van der Waals surface area (Å²) in [5.41, 5.74) is 2.33. The van der Waals surface area contributed by atoms with Gasteiger partial charge in [-0.25, -0.2) is 0 Å². The van der Waals surface area contributed by atoms with Crippen molar-refractivity contribution in [1.82, 2.24) is 0 Å². The summed E-state index contributed by atoms with van der Waals surface area (Å²) < 4.78 is 0.794. The number of anilines is 2. The van der Waals surface area contributed by atoms with Crippen molar-refractivity contribution in [2.75, 3.05) is 16.8 Å². The average molecular weight is 396 g/mol. The van der Waals surface area contributed by atoms with Gasteiger partial charge in [-0.1, -0.05) is 23.7 Å². The number of hydrogen-bond acceptors (Lipinski definition) is 2. The lowest BCUT2D eigenvalue weighted by molar-refractivity contribution is -0.120. The van der Waals surface area contributed by atoms with Gasteiger partial charge in [-0.2, -0.15) is 0 Å². The third kappa shape index (κ3) is 4.81. The van der Waals surface area contributed by atoms with E-state index < -0.39 is 0 Å². The van der Waals surface area contributed by atoms with Gasteiger partial charge in [0, 0.05) is 22.1 Å². The molecule has 4 nitrogen and oxygen atoms in total. The van der Waals surface area contributed by atoms with Crippen molar-refractivity contribution >= 4 is 50.7 Å². The number of carbonyl (C=O) groups is 2. The molecule has 0 heterocycles. The first-order valence-corrected chi connectivity index (χ1v) is 8.13. The van der Waals surface area contributed by atoms with Crippen molar-refractivity contribution in [3.63, 3.8) is 0 Å². The number of benzene rings is 2. The standard InChI is InChI=1S/C17H16BrClN2O2/c1-11-6-7-16(15(18)8-11)20-17(23)10-21(12(2)22)14-5-3-4-13(19)9-14/h3-9H,10H2,1-2H3,(H,20,23). The second-order valence-electron chi connectivity index (χ2n) is 5.12. The molecule has 0 saturated heterocycles. The molecular formula is C17H16BrClN2O2. The zero-order valence-electron chi connectivity index (χ0n) is 12.8. The van der Waals surface area contributed by atoms with Gasteiger partial charge in [0.05, 0.1) is 5.69 Å². The van der Waals surface area contributed by atoms with Crippen LogP contribution < -0.4 is 10.2 Å². The van der Waals surface area contributed by atoms with Gasteiger partial charge in [-0.3, -0.25) is 9.59 Å². The van der Waals surface area contributed by atoms with E-state index in [0.29, 0.717) is 16.4 Å². The molecular weight excluding hydrogens is 380 g/mol. The van der Waals surface area contributed by atoms with E-state index in [2.05, 4.69) is 21.2 Å². The molecule has 23 heavy (non-hydrogen) atoms. The monoisotopic (exact) mass is 394 g/mol. The molecule has 0 aliphatic carbocycles. The molecule has 2 amide bonds. The molecule has 1 N–H and O–H groups in total. The lowest BCUT2D eigenvalue weighted by Crippen LogP contribution is -2.36. The molecule has 6 heteroatoms. The number of amides is 2. The number of carbonyl (C=O) groups excluding carboxylic acids is 2. The molecule has 0 fully saturated rings. The fourth-order valence-electron chi connectivity index (χ4n) is 2.08. The molecule has 0 aromatic heterocycles. The van der Waals surface area contributed by atoms with Gasteiger partial charge >= 0.3 is 0 Å². The summed E-state index contributed by atoms with van der Waals surface area (Å²) in [6.07, 6.45) is 0. The molecule has 0 bridgehead atoms. The van der Waals surface area contributed by atoms with Crippen LogP contribution in [0.15, 0.2) is 46.9 Å². The Morgan fingerprint density at radius 3 is 2.57 bits per heavy atom. The van der Waals surface area contributed by atoms with E-state index in [1.165, 1.54) is 11.8 Å². The summed E-state index contributed by atoms with van der Waals surface area (Å²) in [5, 5.41) is 3.30. The van der Waals surface area contributed by atoms with Crippen LogP contribution in [0.25, 0.3) is 0 Å².